The van der Waals surface area contributed by atoms with E-state index in [-0.39, 0.29) is 10.2 Å². The molecule has 0 fully saturated rings. The fourth-order valence-corrected chi connectivity index (χ4v) is 2.04. The predicted molar refractivity (Wildman–Crippen MR) is 55.0 cm³/mol. The Labute approximate surface area is 84.6 Å². The van der Waals surface area contributed by atoms with Crippen molar-refractivity contribution in [2.45, 2.75) is 13.8 Å². The van der Waals surface area contributed by atoms with Gasteiger partial charge in [-0.15, -0.1) is 0 Å². The van der Waals surface area contributed by atoms with Gasteiger partial charge in [0.25, 0.3) is 0 Å². The van der Waals surface area contributed by atoms with Crippen LogP contribution in [0.2, 0.25) is 0 Å². The molecule has 0 aliphatic carbocycles. The maximum absolute atomic E-state index is 10.4. The molecular weight excluding hydrogens is 216 g/mol. The molecule has 0 heterocycles. The number of thioether (sulfide) groups is 2. The summed E-state index contributed by atoms with van der Waals surface area (Å²) in [6.07, 6.45) is 0. The van der Waals surface area contributed by atoms with E-state index in [9.17, 15) is 9.59 Å². The average Bonchev–Trinajstić information content (AvgIpc) is 1.95. The van der Waals surface area contributed by atoms with Gasteiger partial charge in [0.1, 0.15) is 5.94 Å². The molecule has 0 amide bonds. The SMILES string of the molecule is CC(=O)SCOSCSC(C)=O. The number of hydrogen-bond donors (Lipinski definition) is 0. The van der Waals surface area contributed by atoms with Crippen molar-refractivity contribution in [2.24, 2.45) is 0 Å². The van der Waals surface area contributed by atoms with Crippen molar-refractivity contribution in [3.8, 4) is 0 Å². The number of carbonyl (C=O) groups is 2. The van der Waals surface area contributed by atoms with E-state index in [4.69, 9.17) is 4.18 Å². The van der Waals surface area contributed by atoms with Gasteiger partial charge in [-0.25, -0.2) is 0 Å². The van der Waals surface area contributed by atoms with Crippen LogP contribution in [0.5, 0.6) is 0 Å². The Kier molecular flexibility index (Phi) is 8.20. The van der Waals surface area contributed by atoms with Gasteiger partial charge in [0.2, 0.25) is 0 Å². The summed E-state index contributed by atoms with van der Waals surface area (Å²) in [7, 11) is 0. The van der Waals surface area contributed by atoms with Crippen LogP contribution in [0.1, 0.15) is 13.8 Å². The average molecular weight is 226 g/mol. The molecule has 0 atom stereocenters. The smallest absolute Gasteiger partial charge is 0.188 e. The molecule has 70 valence electrons. The van der Waals surface area contributed by atoms with Crippen LogP contribution in [0.4, 0.5) is 0 Å². The normalized spacial score (nSPS) is 9.83. The summed E-state index contributed by atoms with van der Waals surface area (Å²) in [5.41, 5.74) is 0. The molecule has 3 nitrogen and oxygen atoms in total. The number of rotatable bonds is 5. The fourth-order valence-electron chi connectivity index (χ4n) is 0.282. The van der Waals surface area contributed by atoms with E-state index in [0.29, 0.717) is 11.0 Å². The summed E-state index contributed by atoms with van der Waals surface area (Å²) in [4.78, 5) is 20.8. The molecule has 0 saturated carbocycles. The minimum Gasteiger partial charge on any atom is -0.303 e. The zero-order valence-corrected chi connectivity index (χ0v) is 9.31. The van der Waals surface area contributed by atoms with Crippen LogP contribution in [0.25, 0.3) is 0 Å². The third kappa shape index (κ3) is 10.3. The van der Waals surface area contributed by atoms with Crippen LogP contribution in [0.3, 0.4) is 0 Å². The minimum atomic E-state index is 0.0369. The quantitative estimate of drug-likeness (QED) is 0.406. The molecule has 6 heteroatoms. The van der Waals surface area contributed by atoms with Crippen molar-refractivity contribution < 1.29 is 13.8 Å². The lowest BCUT2D eigenvalue weighted by Gasteiger charge is -1.98. The van der Waals surface area contributed by atoms with Gasteiger partial charge in [0, 0.05) is 25.9 Å². The maximum atomic E-state index is 10.4. The van der Waals surface area contributed by atoms with Gasteiger partial charge in [-0.05, 0) is 0 Å². The fraction of sp³-hybridized carbons (Fsp3) is 0.667. The Morgan fingerprint density at radius 1 is 1.17 bits per heavy atom. The first-order valence-electron chi connectivity index (χ1n) is 3.14. The lowest BCUT2D eigenvalue weighted by Crippen LogP contribution is -1.88. The molecule has 0 aromatic carbocycles. The Morgan fingerprint density at radius 2 is 1.75 bits per heavy atom. The molecule has 12 heavy (non-hydrogen) atoms. The lowest BCUT2D eigenvalue weighted by molar-refractivity contribution is -0.109. The lowest BCUT2D eigenvalue weighted by atomic mass is 10.9. The molecule has 0 saturated heterocycles. The van der Waals surface area contributed by atoms with E-state index in [1.54, 1.807) is 0 Å². The van der Waals surface area contributed by atoms with Crippen molar-refractivity contribution in [3.05, 3.63) is 0 Å². The van der Waals surface area contributed by atoms with E-state index < -0.39 is 0 Å². The largest absolute Gasteiger partial charge is 0.303 e. The van der Waals surface area contributed by atoms with Crippen LogP contribution in [0, 0.1) is 0 Å². The van der Waals surface area contributed by atoms with Gasteiger partial charge >= 0.3 is 0 Å². The highest BCUT2D eigenvalue weighted by atomic mass is 32.2. The monoisotopic (exact) mass is 226 g/mol. The first kappa shape index (κ1) is 12.3. The maximum Gasteiger partial charge on any atom is 0.188 e. The Bertz CT molecular complexity index is 142. The summed E-state index contributed by atoms with van der Waals surface area (Å²) in [6, 6.07) is 0. The van der Waals surface area contributed by atoms with Crippen LogP contribution < -0.4 is 0 Å². The standard InChI is InChI=1S/C6H10O3S3/c1-5(7)10-3-9-12-4-11-6(2)8/h3-4H2,1-2H3. The molecular formula is C6H10O3S3. The highest BCUT2D eigenvalue weighted by Gasteiger charge is 1.96. The minimum absolute atomic E-state index is 0.0369. The van der Waals surface area contributed by atoms with Gasteiger partial charge in [-0.1, -0.05) is 23.5 Å². The first-order chi connectivity index (χ1) is 5.63. The summed E-state index contributed by atoms with van der Waals surface area (Å²) in [5.74, 6) is 0.346. The molecule has 0 N–H and O–H groups in total. The Balaban J connectivity index is 3.01. The molecule has 0 radical (unpaired) electrons. The second-order valence-electron chi connectivity index (χ2n) is 1.74. The van der Waals surface area contributed by atoms with E-state index in [0.717, 1.165) is 11.8 Å². The van der Waals surface area contributed by atoms with Gasteiger partial charge in [-0.3, -0.25) is 9.59 Å². The van der Waals surface area contributed by atoms with E-state index in [1.807, 2.05) is 0 Å². The van der Waals surface area contributed by atoms with E-state index >= 15 is 0 Å². The third-order valence-electron chi connectivity index (χ3n) is 0.704. The second kappa shape index (κ2) is 7.97. The van der Waals surface area contributed by atoms with Gasteiger partial charge < -0.3 is 4.18 Å². The van der Waals surface area contributed by atoms with Crippen molar-refractivity contribution in [3.63, 3.8) is 0 Å². The first-order valence-corrected chi connectivity index (χ1v) is 6.02. The van der Waals surface area contributed by atoms with Crippen molar-refractivity contribution in [1.29, 1.82) is 0 Å². The van der Waals surface area contributed by atoms with Crippen LogP contribution >= 0.6 is 35.6 Å². The van der Waals surface area contributed by atoms with Crippen LogP contribution in [-0.4, -0.2) is 21.3 Å². The van der Waals surface area contributed by atoms with Crippen molar-refractivity contribution in [2.75, 3.05) is 11.0 Å². The van der Waals surface area contributed by atoms with Gasteiger partial charge in [-0.2, -0.15) is 0 Å². The number of carbonyl (C=O) groups excluding carboxylic acids is 2. The highest BCUT2D eigenvalue weighted by molar-refractivity contribution is 8.22. The summed E-state index contributed by atoms with van der Waals surface area (Å²) >= 11 is 3.50. The Morgan fingerprint density at radius 3 is 2.25 bits per heavy atom. The zero-order chi connectivity index (χ0) is 9.40. The molecule has 0 aromatic heterocycles. The topological polar surface area (TPSA) is 43.4 Å². The third-order valence-corrected chi connectivity index (χ3v) is 3.04. The predicted octanol–water partition coefficient (Wildman–Crippen LogP) is 2.13. The summed E-state index contributed by atoms with van der Waals surface area (Å²) in [5, 5.41) is 0.688. The molecule has 0 spiro atoms. The molecule has 0 unspecified atom stereocenters. The number of hydrogen-bond acceptors (Lipinski definition) is 6. The van der Waals surface area contributed by atoms with E-state index in [2.05, 4.69) is 0 Å². The molecule has 0 rings (SSSR count). The van der Waals surface area contributed by atoms with Crippen LogP contribution in [-0.2, 0) is 13.8 Å². The molecule has 0 aliphatic rings. The van der Waals surface area contributed by atoms with Crippen molar-refractivity contribution in [1.82, 2.24) is 0 Å². The molecule has 0 aromatic rings. The van der Waals surface area contributed by atoms with Crippen LogP contribution in [0.15, 0.2) is 0 Å². The van der Waals surface area contributed by atoms with Gasteiger partial charge in [0.15, 0.2) is 10.2 Å². The Hall–Kier alpha value is 0.350. The van der Waals surface area contributed by atoms with E-state index in [1.165, 1.54) is 37.7 Å². The molecule has 0 aliphatic heterocycles. The highest BCUT2D eigenvalue weighted by Crippen LogP contribution is 2.15. The zero-order valence-electron chi connectivity index (χ0n) is 6.86. The van der Waals surface area contributed by atoms with Gasteiger partial charge in [0.05, 0.1) is 5.08 Å². The molecule has 0 bridgehead atoms. The summed E-state index contributed by atoms with van der Waals surface area (Å²) < 4.78 is 4.98. The summed E-state index contributed by atoms with van der Waals surface area (Å²) in [6.45, 7) is 3.00. The second-order valence-corrected chi connectivity index (χ2v) is 5.12. The van der Waals surface area contributed by atoms with Crippen molar-refractivity contribution >= 4 is 45.8 Å².